The summed E-state index contributed by atoms with van der Waals surface area (Å²) in [6.07, 6.45) is 4.45. The van der Waals surface area contributed by atoms with E-state index in [1.165, 1.54) is 29.5 Å². The van der Waals surface area contributed by atoms with Gasteiger partial charge in [0.05, 0.1) is 0 Å². The van der Waals surface area contributed by atoms with Crippen LogP contribution in [0.15, 0.2) is 49.0 Å². The minimum Gasteiger partial charge on any atom is -0.0985 e. The van der Waals surface area contributed by atoms with Crippen molar-refractivity contribution >= 4 is 6.08 Å². The van der Waals surface area contributed by atoms with Gasteiger partial charge in [0.1, 0.15) is 0 Å². The second kappa shape index (κ2) is 5.68. The van der Waals surface area contributed by atoms with E-state index in [2.05, 4.69) is 62.9 Å². The molecule has 0 nitrogen and oxygen atoms in total. The van der Waals surface area contributed by atoms with Gasteiger partial charge in [0.15, 0.2) is 0 Å². The fourth-order valence-corrected chi connectivity index (χ4v) is 2.03. The summed E-state index contributed by atoms with van der Waals surface area (Å²) in [6, 6.07) is 15.0. The zero-order valence-electron chi connectivity index (χ0n) is 11.2. The largest absolute Gasteiger partial charge is 0.0985 e. The van der Waals surface area contributed by atoms with Crippen molar-refractivity contribution in [2.24, 2.45) is 0 Å². The van der Waals surface area contributed by atoms with Gasteiger partial charge >= 0.3 is 0 Å². The zero-order chi connectivity index (χ0) is 13.0. The standard InChI is InChI=1S/2C9H10/c1-7-2-3-8-4-5-9(8)6-7;1-3-9-6-4-8(2)5-7-9/h2-3,6H,4-5H2,1H3;3-7H,1H2,2H3. The molecular formula is C18H20. The average Bonchev–Trinajstić information content (AvgIpc) is 2.35. The lowest BCUT2D eigenvalue weighted by Crippen LogP contribution is -2.07. The summed E-state index contributed by atoms with van der Waals surface area (Å²) in [5, 5.41) is 0. The van der Waals surface area contributed by atoms with Gasteiger partial charge in [0.25, 0.3) is 0 Å². The molecule has 0 spiro atoms. The predicted octanol–water partition coefficient (Wildman–Crippen LogP) is 4.73. The first-order valence-electron chi connectivity index (χ1n) is 6.46. The molecule has 1 aliphatic carbocycles. The molecule has 0 heterocycles. The van der Waals surface area contributed by atoms with Crippen LogP contribution in [0.1, 0.15) is 27.8 Å². The van der Waals surface area contributed by atoms with E-state index in [1.54, 1.807) is 11.1 Å². The SMILES string of the molecule is C=Cc1ccc(C)cc1.Cc1ccc2c(c1)CC2. The van der Waals surface area contributed by atoms with Crippen LogP contribution >= 0.6 is 0 Å². The van der Waals surface area contributed by atoms with E-state index in [0.29, 0.717) is 0 Å². The second-order valence-electron chi connectivity index (χ2n) is 4.89. The van der Waals surface area contributed by atoms with Gasteiger partial charge in [-0.05, 0) is 43.4 Å². The zero-order valence-corrected chi connectivity index (χ0v) is 11.2. The van der Waals surface area contributed by atoms with Crippen molar-refractivity contribution in [1.82, 2.24) is 0 Å². The van der Waals surface area contributed by atoms with E-state index >= 15 is 0 Å². The topological polar surface area (TPSA) is 0 Å². The van der Waals surface area contributed by atoms with Crippen LogP contribution in [0.2, 0.25) is 0 Å². The number of hydrogen-bond donors (Lipinski definition) is 0. The molecule has 18 heavy (non-hydrogen) atoms. The number of rotatable bonds is 1. The molecule has 0 N–H and O–H groups in total. The van der Waals surface area contributed by atoms with Crippen LogP contribution in [0.3, 0.4) is 0 Å². The minimum absolute atomic E-state index is 1.18. The Hall–Kier alpha value is -1.82. The van der Waals surface area contributed by atoms with Crippen LogP contribution in [0, 0.1) is 13.8 Å². The smallest absolute Gasteiger partial charge is 0.0235 e. The summed E-state index contributed by atoms with van der Waals surface area (Å²) in [4.78, 5) is 0. The molecule has 0 bridgehead atoms. The summed E-state index contributed by atoms with van der Waals surface area (Å²) in [6.45, 7) is 7.89. The third kappa shape index (κ3) is 3.10. The van der Waals surface area contributed by atoms with E-state index in [9.17, 15) is 0 Å². The molecule has 3 rings (SSSR count). The fraction of sp³-hybridized carbons (Fsp3) is 0.222. The molecule has 0 unspecified atom stereocenters. The summed E-state index contributed by atoms with van der Waals surface area (Å²) in [5.74, 6) is 0. The van der Waals surface area contributed by atoms with E-state index in [1.807, 2.05) is 6.08 Å². The van der Waals surface area contributed by atoms with Crippen LogP contribution in [0.4, 0.5) is 0 Å². The van der Waals surface area contributed by atoms with Crippen molar-refractivity contribution in [2.75, 3.05) is 0 Å². The van der Waals surface area contributed by atoms with E-state index < -0.39 is 0 Å². The molecule has 0 saturated carbocycles. The summed E-state index contributed by atoms with van der Waals surface area (Å²) < 4.78 is 0. The van der Waals surface area contributed by atoms with Gasteiger partial charge in [-0.2, -0.15) is 0 Å². The normalized spacial score (nSPS) is 11.7. The molecule has 0 saturated heterocycles. The predicted molar refractivity (Wildman–Crippen MR) is 79.9 cm³/mol. The maximum Gasteiger partial charge on any atom is -0.0235 e. The van der Waals surface area contributed by atoms with Crippen molar-refractivity contribution < 1.29 is 0 Å². The average molecular weight is 236 g/mol. The first-order valence-corrected chi connectivity index (χ1v) is 6.46. The molecule has 2 aromatic carbocycles. The highest BCUT2D eigenvalue weighted by molar-refractivity contribution is 5.46. The number of fused-ring (bicyclic) bond motifs is 1. The highest BCUT2D eigenvalue weighted by atomic mass is 14.2. The Labute approximate surface area is 110 Å². The van der Waals surface area contributed by atoms with Crippen molar-refractivity contribution in [3.8, 4) is 0 Å². The number of aryl methyl sites for hydroxylation is 4. The van der Waals surface area contributed by atoms with E-state index in [-0.39, 0.29) is 0 Å². The molecule has 92 valence electrons. The summed E-state index contributed by atoms with van der Waals surface area (Å²) in [5.41, 5.74) is 6.99. The van der Waals surface area contributed by atoms with E-state index in [4.69, 9.17) is 0 Å². The minimum atomic E-state index is 1.18. The number of benzene rings is 2. The monoisotopic (exact) mass is 236 g/mol. The highest BCUT2D eigenvalue weighted by Gasteiger charge is 2.10. The molecule has 0 atom stereocenters. The van der Waals surface area contributed by atoms with Gasteiger partial charge in [-0.25, -0.2) is 0 Å². The number of hydrogen-bond acceptors (Lipinski definition) is 0. The van der Waals surface area contributed by atoms with Gasteiger partial charge in [-0.1, -0.05) is 66.2 Å². The molecule has 2 aromatic rings. The third-order valence-corrected chi connectivity index (χ3v) is 3.34. The molecule has 0 radical (unpaired) electrons. The lowest BCUT2D eigenvalue weighted by atomic mass is 9.88. The third-order valence-electron chi connectivity index (χ3n) is 3.34. The summed E-state index contributed by atoms with van der Waals surface area (Å²) in [7, 11) is 0. The first-order chi connectivity index (χ1) is 8.69. The quantitative estimate of drug-likeness (QED) is 0.671. The van der Waals surface area contributed by atoms with Crippen LogP contribution in [0.25, 0.3) is 6.08 Å². The van der Waals surface area contributed by atoms with Crippen molar-refractivity contribution in [3.63, 3.8) is 0 Å². The Balaban J connectivity index is 0.000000134. The first kappa shape index (κ1) is 12.6. The fourth-order valence-electron chi connectivity index (χ4n) is 2.03. The second-order valence-corrected chi connectivity index (χ2v) is 4.89. The van der Waals surface area contributed by atoms with Crippen molar-refractivity contribution in [3.05, 3.63) is 76.9 Å². The molecule has 0 heteroatoms. The summed E-state index contributed by atoms with van der Waals surface area (Å²) >= 11 is 0. The van der Waals surface area contributed by atoms with Crippen molar-refractivity contribution in [2.45, 2.75) is 26.7 Å². The molecular weight excluding hydrogens is 216 g/mol. The lowest BCUT2D eigenvalue weighted by Gasteiger charge is -2.18. The van der Waals surface area contributed by atoms with E-state index in [0.717, 1.165) is 0 Å². The van der Waals surface area contributed by atoms with Gasteiger partial charge in [0.2, 0.25) is 0 Å². The maximum atomic E-state index is 3.66. The lowest BCUT2D eigenvalue weighted by molar-refractivity contribution is 0.837. The molecule has 0 aliphatic heterocycles. The Bertz CT molecular complexity index is 532. The Morgan fingerprint density at radius 2 is 1.44 bits per heavy atom. The van der Waals surface area contributed by atoms with Gasteiger partial charge < -0.3 is 0 Å². The van der Waals surface area contributed by atoms with Crippen LogP contribution in [0.5, 0.6) is 0 Å². The van der Waals surface area contributed by atoms with Crippen LogP contribution < -0.4 is 0 Å². The van der Waals surface area contributed by atoms with Gasteiger partial charge in [0, 0.05) is 0 Å². The highest BCUT2D eigenvalue weighted by Crippen LogP contribution is 2.22. The maximum absolute atomic E-state index is 3.66. The molecule has 0 fully saturated rings. The van der Waals surface area contributed by atoms with Crippen LogP contribution in [-0.2, 0) is 12.8 Å². The Morgan fingerprint density at radius 3 is 1.89 bits per heavy atom. The molecule has 1 aliphatic rings. The molecule has 0 aromatic heterocycles. The molecule has 0 amide bonds. The van der Waals surface area contributed by atoms with Crippen LogP contribution in [-0.4, -0.2) is 0 Å². The Morgan fingerprint density at radius 1 is 0.833 bits per heavy atom. The van der Waals surface area contributed by atoms with Crippen molar-refractivity contribution in [1.29, 1.82) is 0 Å². The van der Waals surface area contributed by atoms with Gasteiger partial charge in [-0.3, -0.25) is 0 Å². The van der Waals surface area contributed by atoms with Gasteiger partial charge in [-0.15, -0.1) is 0 Å². The Kier molecular flexibility index (Phi) is 3.99.